The SMILES string of the molecule is CCC1CC(CC)C2C3CC(CC3C(=O)OC(C)(C)C)C12. The summed E-state index contributed by atoms with van der Waals surface area (Å²) in [5.41, 5.74) is -0.343. The Balaban J connectivity index is 1.76. The van der Waals surface area contributed by atoms with Gasteiger partial charge in [0.25, 0.3) is 0 Å². The van der Waals surface area contributed by atoms with Gasteiger partial charge in [-0.25, -0.2) is 0 Å². The molecule has 120 valence electrons. The van der Waals surface area contributed by atoms with Crippen molar-refractivity contribution >= 4 is 5.97 Å². The quantitative estimate of drug-likeness (QED) is 0.706. The van der Waals surface area contributed by atoms with Crippen LogP contribution in [0.5, 0.6) is 0 Å². The lowest BCUT2D eigenvalue weighted by Gasteiger charge is -2.35. The van der Waals surface area contributed by atoms with E-state index in [2.05, 4.69) is 13.8 Å². The Labute approximate surface area is 130 Å². The minimum absolute atomic E-state index is 0.0863. The average Bonchev–Trinajstić information content (AvgIpc) is 3.06. The number of hydrogen-bond donors (Lipinski definition) is 0. The molecule has 21 heavy (non-hydrogen) atoms. The molecular formula is C19H32O2. The molecule has 0 spiro atoms. The molecular weight excluding hydrogens is 260 g/mol. The molecule has 3 fully saturated rings. The van der Waals surface area contributed by atoms with Gasteiger partial charge in [0.15, 0.2) is 0 Å². The first-order chi connectivity index (χ1) is 9.85. The number of esters is 1. The van der Waals surface area contributed by atoms with Crippen molar-refractivity contribution in [3.63, 3.8) is 0 Å². The topological polar surface area (TPSA) is 26.3 Å². The summed E-state index contributed by atoms with van der Waals surface area (Å²) in [4.78, 5) is 12.6. The van der Waals surface area contributed by atoms with Gasteiger partial charge in [-0.05, 0) is 75.5 Å². The third-order valence-electron chi connectivity index (χ3n) is 6.58. The smallest absolute Gasteiger partial charge is 0.309 e. The van der Waals surface area contributed by atoms with Crippen molar-refractivity contribution in [2.75, 3.05) is 0 Å². The Bertz CT molecular complexity index is 408. The summed E-state index contributed by atoms with van der Waals surface area (Å²) in [6.45, 7) is 10.7. The van der Waals surface area contributed by atoms with Gasteiger partial charge in [-0.15, -0.1) is 0 Å². The molecule has 0 aromatic carbocycles. The fourth-order valence-electron chi connectivity index (χ4n) is 6.04. The Morgan fingerprint density at radius 3 is 2.19 bits per heavy atom. The zero-order valence-electron chi connectivity index (χ0n) is 14.4. The van der Waals surface area contributed by atoms with Gasteiger partial charge < -0.3 is 4.74 Å². The Morgan fingerprint density at radius 2 is 1.62 bits per heavy atom. The van der Waals surface area contributed by atoms with Gasteiger partial charge in [0.1, 0.15) is 5.60 Å². The molecule has 0 aliphatic heterocycles. The molecule has 0 aromatic rings. The molecule has 2 heteroatoms. The van der Waals surface area contributed by atoms with Gasteiger partial charge in [-0.2, -0.15) is 0 Å². The summed E-state index contributed by atoms with van der Waals surface area (Å²) in [7, 11) is 0. The summed E-state index contributed by atoms with van der Waals surface area (Å²) >= 11 is 0. The number of carbonyl (C=O) groups excluding carboxylic acids is 1. The summed E-state index contributed by atoms with van der Waals surface area (Å²) in [5.74, 6) is 5.23. The van der Waals surface area contributed by atoms with E-state index in [9.17, 15) is 4.79 Å². The van der Waals surface area contributed by atoms with Crippen molar-refractivity contribution in [3.05, 3.63) is 0 Å². The first-order valence-corrected chi connectivity index (χ1v) is 9.08. The minimum atomic E-state index is -0.343. The molecule has 0 amide bonds. The van der Waals surface area contributed by atoms with Crippen LogP contribution in [0, 0.1) is 41.4 Å². The molecule has 3 rings (SSSR count). The molecule has 0 heterocycles. The first kappa shape index (κ1) is 15.4. The monoisotopic (exact) mass is 292 g/mol. The van der Waals surface area contributed by atoms with Crippen LogP contribution in [-0.4, -0.2) is 11.6 Å². The minimum Gasteiger partial charge on any atom is -0.460 e. The van der Waals surface area contributed by atoms with E-state index < -0.39 is 0 Å². The van der Waals surface area contributed by atoms with Crippen LogP contribution in [-0.2, 0) is 9.53 Å². The fourth-order valence-corrected chi connectivity index (χ4v) is 6.04. The van der Waals surface area contributed by atoms with E-state index in [1.54, 1.807) is 0 Å². The zero-order chi connectivity index (χ0) is 15.4. The second-order valence-electron chi connectivity index (χ2n) is 8.76. The standard InChI is InChI=1S/C19H32O2/c1-6-11-8-12(7-2)17-14-9-13(16(11)17)10-15(14)18(20)21-19(3,4)5/h11-17H,6-10H2,1-5H3. The maximum atomic E-state index is 12.6. The second kappa shape index (κ2) is 5.28. The molecule has 3 aliphatic rings. The molecule has 3 saturated carbocycles. The molecule has 0 N–H and O–H groups in total. The average molecular weight is 292 g/mol. The van der Waals surface area contributed by atoms with Crippen LogP contribution in [0.2, 0.25) is 0 Å². The lowest BCUT2D eigenvalue weighted by Crippen LogP contribution is -2.37. The number of fused-ring (bicyclic) bond motifs is 5. The highest BCUT2D eigenvalue weighted by atomic mass is 16.6. The van der Waals surface area contributed by atoms with E-state index in [4.69, 9.17) is 4.74 Å². The highest BCUT2D eigenvalue weighted by molar-refractivity contribution is 5.74. The van der Waals surface area contributed by atoms with E-state index >= 15 is 0 Å². The zero-order valence-corrected chi connectivity index (χ0v) is 14.4. The molecule has 0 radical (unpaired) electrons. The molecule has 2 nitrogen and oxygen atoms in total. The lowest BCUT2D eigenvalue weighted by atomic mass is 9.70. The summed E-state index contributed by atoms with van der Waals surface area (Å²) in [6.07, 6.45) is 6.44. The van der Waals surface area contributed by atoms with Crippen LogP contribution in [0.25, 0.3) is 0 Å². The normalized spacial score (nSPS) is 44.9. The predicted molar refractivity (Wildman–Crippen MR) is 84.7 cm³/mol. The van der Waals surface area contributed by atoms with Crippen molar-refractivity contribution in [1.29, 1.82) is 0 Å². The molecule has 7 atom stereocenters. The van der Waals surface area contributed by atoms with Crippen molar-refractivity contribution < 1.29 is 9.53 Å². The molecule has 3 aliphatic carbocycles. The summed E-state index contributed by atoms with van der Waals surface area (Å²) in [5, 5.41) is 0. The summed E-state index contributed by atoms with van der Waals surface area (Å²) < 4.78 is 5.71. The fraction of sp³-hybridized carbons (Fsp3) is 0.947. The highest BCUT2D eigenvalue weighted by Crippen LogP contribution is 2.65. The Kier molecular flexibility index (Phi) is 3.86. The summed E-state index contributed by atoms with van der Waals surface area (Å²) in [6, 6.07) is 0. The number of rotatable bonds is 3. The number of ether oxygens (including phenoxy) is 1. The molecule has 2 bridgehead atoms. The third-order valence-corrected chi connectivity index (χ3v) is 6.58. The third kappa shape index (κ3) is 2.53. The molecule has 7 unspecified atom stereocenters. The molecule has 0 aromatic heterocycles. The van der Waals surface area contributed by atoms with Crippen LogP contribution >= 0.6 is 0 Å². The van der Waals surface area contributed by atoms with E-state index in [0.29, 0.717) is 5.92 Å². The Morgan fingerprint density at radius 1 is 1.00 bits per heavy atom. The van der Waals surface area contributed by atoms with Crippen LogP contribution in [0.4, 0.5) is 0 Å². The van der Waals surface area contributed by atoms with E-state index in [-0.39, 0.29) is 17.5 Å². The van der Waals surface area contributed by atoms with Gasteiger partial charge in [0.2, 0.25) is 0 Å². The Hall–Kier alpha value is -0.530. The van der Waals surface area contributed by atoms with Gasteiger partial charge in [0.05, 0.1) is 5.92 Å². The first-order valence-electron chi connectivity index (χ1n) is 9.08. The van der Waals surface area contributed by atoms with Crippen molar-refractivity contribution in [3.8, 4) is 0 Å². The van der Waals surface area contributed by atoms with Crippen molar-refractivity contribution in [1.82, 2.24) is 0 Å². The second-order valence-corrected chi connectivity index (χ2v) is 8.76. The van der Waals surface area contributed by atoms with Gasteiger partial charge in [-0.3, -0.25) is 4.79 Å². The maximum Gasteiger partial charge on any atom is 0.309 e. The predicted octanol–water partition coefficient (Wildman–Crippen LogP) is 4.67. The van der Waals surface area contributed by atoms with Crippen molar-refractivity contribution in [2.24, 2.45) is 41.4 Å². The van der Waals surface area contributed by atoms with Crippen LogP contribution in [0.3, 0.4) is 0 Å². The number of hydrogen-bond acceptors (Lipinski definition) is 2. The maximum absolute atomic E-state index is 12.6. The van der Waals surface area contributed by atoms with E-state index in [1.807, 2.05) is 20.8 Å². The molecule has 0 saturated heterocycles. The van der Waals surface area contributed by atoms with E-state index in [1.165, 1.54) is 25.7 Å². The van der Waals surface area contributed by atoms with Crippen LogP contribution < -0.4 is 0 Å². The largest absolute Gasteiger partial charge is 0.460 e. The van der Waals surface area contributed by atoms with Gasteiger partial charge in [-0.1, -0.05) is 26.7 Å². The van der Waals surface area contributed by atoms with E-state index in [0.717, 1.165) is 36.0 Å². The lowest BCUT2D eigenvalue weighted by molar-refractivity contribution is -0.163. The number of carbonyl (C=O) groups is 1. The highest BCUT2D eigenvalue weighted by Gasteiger charge is 2.61. The van der Waals surface area contributed by atoms with Crippen molar-refractivity contribution in [2.45, 2.75) is 72.3 Å². The van der Waals surface area contributed by atoms with Crippen LogP contribution in [0.15, 0.2) is 0 Å². The van der Waals surface area contributed by atoms with Gasteiger partial charge >= 0.3 is 5.97 Å². The van der Waals surface area contributed by atoms with Gasteiger partial charge in [0, 0.05) is 0 Å². The van der Waals surface area contributed by atoms with Crippen LogP contribution in [0.1, 0.15) is 66.7 Å².